The number of benzene rings is 1. The van der Waals surface area contributed by atoms with Gasteiger partial charge < -0.3 is 9.84 Å². The van der Waals surface area contributed by atoms with Crippen LogP contribution < -0.4 is 4.74 Å². The normalized spacial score (nSPS) is 10.2. The zero-order valence-corrected chi connectivity index (χ0v) is 11.2. The predicted molar refractivity (Wildman–Crippen MR) is 72.7 cm³/mol. The molecule has 1 rings (SSSR count). The van der Waals surface area contributed by atoms with Crippen LogP contribution in [0, 0.1) is 0 Å². The van der Waals surface area contributed by atoms with Crippen LogP contribution in [-0.2, 0) is 4.79 Å². The summed E-state index contributed by atoms with van der Waals surface area (Å²) < 4.78 is 5.44. The van der Waals surface area contributed by atoms with E-state index in [0.29, 0.717) is 31.4 Å². The molecule has 4 nitrogen and oxygen atoms in total. The molecule has 0 heterocycles. The Morgan fingerprint density at radius 2 is 1.74 bits per heavy atom. The molecular formula is C15H20O4. The third kappa shape index (κ3) is 6.04. The van der Waals surface area contributed by atoms with Gasteiger partial charge in [0.15, 0.2) is 5.78 Å². The van der Waals surface area contributed by atoms with Crippen molar-refractivity contribution in [3.05, 3.63) is 29.8 Å². The minimum Gasteiger partial charge on any atom is -0.494 e. The van der Waals surface area contributed by atoms with E-state index >= 15 is 0 Å². The first kappa shape index (κ1) is 15.2. The van der Waals surface area contributed by atoms with Crippen LogP contribution in [-0.4, -0.2) is 23.5 Å². The number of carboxylic acid groups (broad SMARTS) is 1. The molecule has 0 aliphatic rings. The molecule has 0 saturated carbocycles. The minimum absolute atomic E-state index is 0.0485. The Hall–Kier alpha value is -1.84. The lowest BCUT2D eigenvalue weighted by Gasteiger charge is -2.05. The molecule has 19 heavy (non-hydrogen) atoms. The third-order valence-corrected chi connectivity index (χ3v) is 2.69. The molecule has 0 spiro atoms. The average Bonchev–Trinajstić information content (AvgIpc) is 2.41. The van der Waals surface area contributed by atoms with Gasteiger partial charge >= 0.3 is 5.97 Å². The Balaban J connectivity index is 2.37. The molecule has 0 aliphatic carbocycles. The molecule has 0 bridgehead atoms. The summed E-state index contributed by atoms with van der Waals surface area (Å²) in [5.41, 5.74) is 0.652. The van der Waals surface area contributed by atoms with Crippen LogP contribution in [0.5, 0.6) is 5.75 Å². The van der Waals surface area contributed by atoms with Crippen molar-refractivity contribution in [3.8, 4) is 5.75 Å². The number of unbranched alkanes of at least 4 members (excludes halogenated alkanes) is 1. The smallest absolute Gasteiger partial charge is 0.303 e. The number of rotatable bonds is 9. The third-order valence-electron chi connectivity index (χ3n) is 2.69. The van der Waals surface area contributed by atoms with Crippen molar-refractivity contribution in [3.63, 3.8) is 0 Å². The lowest BCUT2D eigenvalue weighted by atomic mass is 10.0. The van der Waals surface area contributed by atoms with Gasteiger partial charge in [0.2, 0.25) is 0 Å². The zero-order chi connectivity index (χ0) is 14.1. The van der Waals surface area contributed by atoms with Crippen molar-refractivity contribution in [1.82, 2.24) is 0 Å². The van der Waals surface area contributed by atoms with Gasteiger partial charge in [-0.3, -0.25) is 9.59 Å². The Bertz CT molecular complexity index is 409. The number of carbonyl (C=O) groups excluding carboxylic acids is 1. The van der Waals surface area contributed by atoms with E-state index in [-0.39, 0.29) is 12.2 Å². The molecule has 0 atom stereocenters. The number of aliphatic carboxylic acids is 1. The summed E-state index contributed by atoms with van der Waals surface area (Å²) in [7, 11) is 0. The van der Waals surface area contributed by atoms with Crippen molar-refractivity contribution in [2.45, 2.75) is 39.0 Å². The fraction of sp³-hybridized carbons (Fsp3) is 0.467. The molecule has 1 aromatic carbocycles. The lowest BCUT2D eigenvalue weighted by molar-refractivity contribution is -0.137. The highest BCUT2D eigenvalue weighted by molar-refractivity contribution is 5.96. The van der Waals surface area contributed by atoms with E-state index in [0.717, 1.165) is 12.2 Å². The monoisotopic (exact) mass is 264 g/mol. The summed E-state index contributed by atoms with van der Waals surface area (Å²) in [6, 6.07) is 7.09. The first-order chi connectivity index (χ1) is 9.13. The Morgan fingerprint density at radius 3 is 2.32 bits per heavy atom. The van der Waals surface area contributed by atoms with E-state index in [2.05, 4.69) is 0 Å². The van der Waals surface area contributed by atoms with E-state index in [1.165, 1.54) is 0 Å². The second kappa shape index (κ2) is 8.29. The molecule has 1 aromatic rings. The Morgan fingerprint density at radius 1 is 1.11 bits per heavy atom. The predicted octanol–water partition coefficient (Wildman–Crippen LogP) is 3.30. The van der Waals surface area contributed by atoms with Crippen LogP contribution in [0.25, 0.3) is 0 Å². The number of ether oxygens (including phenoxy) is 1. The van der Waals surface area contributed by atoms with Crippen molar-refractivity contribution < 1.29 is 19.4 Å². The molecule has 104 valence electrons. The Kier molecular flexibility index (Phi) is 6.64. The van der Waals surface area contributed by atoms with Gasteiger partial charge in [0.25, 0.3) is 0 Å². The summed E-state index contributed by atoms with van der Waals surface area (Å²) in [5, 5.41) is 8.50. The van der Waals surface area contributed by atoms with Crippen LogP contribution in [0.4, 0.5) is 0 Å². The number of carbonyl (C=O) groups is 2. The van der Waals surface area contributed by atoms with Crippen LogP contribution in [0.1, 0.15) is 49.4 Å². The van der Waals surface area contributed by atoms with Gasteiger partial charge in [0.05, 0.1) is 6.61 Å². The molecule has 0 saturated heterocycles. The quantitative estimate of drug-likeness (QED) is 0.549. The fourth-order valence-electron chi connectivity index (χ4n) is 1.66. The molecule has 0 amide bonds. The maximum Gasteiger partial charge on any atom is 0.303 e. The lowest BCUT2D eigenvalue weighted by Crippen LogP contribution is -2.01. The molecule has 0 fully saturated rings. The van der Waals surface area contributed by atoms with Crippen LogP contribution in [0.15, 0.2) is 24.3 Å². The first-order valence-electron chi connectivity index (χ1n) is 6.61. The molecule has 0 radical (unpaired) electrons. The van der Waals surface area contributed by atoms with Gasteiger partial charge in [0.1, 0.15) is 5.75 Å². The highest BCUT2D eigenvalue weighted by atomic mass is 16.5. The van der Waals surface area contributed by atoms with Gasteiger partial charge in [-0.05, 0) is 43.5 Å². The van der Waals surface area contributed by atoms with Gasteiger partial charge in [-0.2, -0.15) is 0 Å². The number of carboxylic acids is 1. The highest BCUT2D eigenvalue weighted by Gasteiger charge is 2.06. The van der Waals surface area contributed by atoms with Gasteiger partial charge in [-0.1, -0.05) is 6.92 Å². The standard InChI is InChI=1S/C15H20O4/c1-2-11-19-13-9-7-12(8-10-13)14(16)5-3-4-6-15(17)18/h7-10H,2-6,11H2,1H3,(H,17,18). The summed E-state index contributed by atoms with van der Waals surface area (Å²) in [5.74, 6) is 0.00147. The molecule has 0 unspecified atom stereocenters. The Labute approximate surface area is 113 Å². The number of Topliss-reactive ketones (excluding diaryl/α,β-unsaturated/α-hetero) is 1. The molecule has 0 aromatic heterocycles. The molecule has 0 aliphatic heterocycles. The zero-order valence-electron chi connectivity index (χ0n) is 11.2. The molecule has 1 N–H and O–H groups in total. The highest BCUT2D eigenvalue weighted by Crippen LogP contribution is 2.15. The summed E-state index contributed by atoms with van der Waals surface area (Å²) >= 11 is 0. The van der Waals surface area contributed by atoms with Gasteiger partial charge in [-0.25, -0.2) is 0 Å². The van der Waals surface area contributed by atoms with Crippen LogP contribution in [0.2, 0.25) is 0 Å². The van der Waals surface area contributed by atoms with E-state index < -0.39 is 5.97 Å². The molecular weight excluding hydrogens is 244 g/mol. The maximum absolute atomic E-state index is 11.8. The summed E-state index contributed by atoms with van der Waals surface area (Å²) in [4.78, 5) is 22.2. The number of hydrogen-bond donors (Lipinski definition) is 1. The number of ketones is 1. The van der Waals surface area contributed by atoms with Crippen LogP contribution in [0.3, 0.4) is 0 Å². The van der Waals surface area contributed by atoms with Crippen molar-refractivity contribution in [1.29, 1.82) is 0 Å². The second-order valence-corrected chi connectivity index (χ2v) is 4.40. The van der Waals surface area contributed by atoms with E-state index in [1.807, 2.05) is 6.92 Å². The van der Waals surface area contributed by atoms with Crippen molar-refractivity contribution in [2.75, 3.05) is 6.61 Å². The number of hydrogen-bond acceptors (Lipinski definition) is 3. The van der Waals surface area contributed by atoms with Gasteiger partial charge in [0, 0.05) is 18.4 Å². The van der Waals surface area contributed by atoms with E-state index in [4.69, 9.17) is 9.84 Å². The van der Waals surface area contributed by atoms with E-state index in [9.17, 15) is 9.59 Å². The van der Waals surface area contributed by atoms with Crippen molar-refractivity contribution in [2.24, 2.45) is 0 Å². The van der Waals surface area contributed by atoms with Crippen LogP contribution >= 0.6 is 0 Å². The second-order valence-electron chi connectivity index (χ2n) is 4.40. The summed E-state index contributed by atoms with van der Waals surface area (Å²) in [6.07, 6.45) is 2.61. The van der Waals surface area contributed by atoms with E-state index in [1.54, 1.807) is 24.3 Å². The fourth-order valence-corrected chi connectivity index (χ4v) is 1.66. The SMILES string of the molecule is CCCOc1ccc(C(=O)CCCCC(=O)O)cc1. The largest absolute Gasteiger partial charge is 0.494 e. The maximum atomic E-state index is 11.8. The first-order valence-corrected chi connectivity index (χ1v) is 6.61. The minimum atomic E-state index is -0.815. The average molecular weight is 264 g/mol. The van der Waals surface area contributed by atoms with Gasteiger partial charge in [-0.15, -0.1) is 0 Å². The van der Waals surface area contributed by atoms with Crippen molar-refractivity contribution >= 4 is 11.8 Å². The topological polar surface area (TPSA) is 63.6 Å². The summed E-state index contributed by atoms with van der Waals surface area (Å²) in [6.45, 7) is 2.71. The molecule has 4 heteroatoms.